The zero-order chi connectivity index (χ0) is 34.4. The van der Waals surface area contributed by atoms with Gasteiger partial charge in [-0.3, -0.25) is 0 Å². The van der Waals surface area contributed by atoms with Gasteiger partial charge in [-0.2, -0.15) is 0 Å². The summed E-state index contributed by atoms with van der Waals surface area (Å²) in [6.45, 7) is 8.54. The Bertz CT molecular complexity index is 2790. The number of fused-ring (bicyclic) bond motifs is 6. The molecule has 10 rings (SSSR count). The van der Waals surface area contributed by atoms with Crippen LogP contribution in [0.25, 0.3) is 92.7 Å². The van der Waals surface area contributed by atoms with Crippen molar-refractivity contribution in [2.75, 3.05) is 0 Å². The third-order valence-corrected chi connectivity index (χ3v) is 11.5. The molecule has 51 heavy (non-hydrogen) atoms. The fraction of sp³-hybridized carbons (Fsp3) is 0.0870. The first-order valence-electron chi connectivity index (χ1n) is 17.3. The summed E-state index contributed by atoms with van der Waals surface area (Å²) in [6, 6.07) is 46.1. The molecule has 0 radical (unpaired) electrons. The number of aryl methyl sites for hydroxylation is 4. The minimum atomic E-state index is 0.630. The molecule has 0 spiro atoms. The molecule has 0 aliphatic carbocycles. The van der Waals surface area contributed by atoms with Crippen LogP contribution in [0.3, 0.4) is 0 Å². The van der Waals surface area contributed by atoms with Crippen molar-refractivity contribution in [2.45, 2.75) is 27.7 Å². The summed E-state index contributed by atoms with van der Waals surface area (Å²) in [5, 5.41) is 5.83. The lowest BCUT2D eigenvalue weighted by Gasteiger charge is -2.10. The van der Waals surface area contributed by atoms with Crippen LogP contribution in [0.2, 0.25) is 0 Å². The SMILES string of the molecule is Cc1cc2nc(-c3ccc4c(c3)c3cc(-c5nc6cc(C)c(C)cc6s5)ccc3n4-c3ccc(-c4ccc5ccccc5c4)cc3)oc2cc1C. The molecule has 3 heterocycles. The first-order valence-corrected chi connectivity index (χ1v) is 18.1. The molecule has 0 unspecified atom stereocenters. The first kappa shape index (κ1) is 29.8. The van der Waals surface area contributed by atoms with Gasteiger partial charge < -0.3 is 8.98 Å². The zero-order valence-corrected chi connectivity index (χ0v) is 29.6. The molecule has 5 heteroatoms. The van der Waals surface area contributed by atoms with Crippen molar-refractivity contribution in [1.82, 2.24) is 14.5 Å². The van der Waals surface area contributed by atoms with E-state index in [0.717, 1.165) is 60.2 Å². The quantitative estimate of drug-likeness (QED) is 0.186. The van der Waals surface area contributed by atoms with Crippen LogP contribution in [0.4, 0.5) is 0 Å². The lowest BCUT2D eigenvalue weighted by atomic mass is 10.0. The zero-order valence-electron chi connectivity index (χ0n) is 28.8. The highest BCUT2D eigenvalue weighted by molar-refractivity contribution is 7.21. The molecular formula is C46H33N3OS. The Morgan fingerprint density at radius 1 is 0.510 bits per heavy atom. The average Bonchev–Trinajstić information content (AvgIpc) is 3.85. The van der Waals surface area contributed by atoms with Gasteiger partial charge in [-0.05, 0) is 151 Å². The number of oxazole rings is 1. The average molecular weight is 676 g/mol. The lowest BCUT2D eigenvalue weighted by Crippen LogP contribution is -1.94. The van der Waals surface area contributed by atoms with E-state index in [1.165, 1.54) is 48.9 Å². The highest BCUT2D eigenvalue weighted by Gasteiger charge is 2.18. The second-order valence-corrected chi connectivity index (χ2v) is 14.8. The van der Waals surface area contributed by atoms with Gasteiger partial charge in [-0.25, -0.2) is 9.97 Å². The van der Waals surface area contributed by atoms with E-state index in [1.54, 1.807) is 11.3 Å². The molecule has 0 saturated carbocycles. The Morgan fingerprint density at radius 2 is 1.14 bits per heavy atom. The smallest absolute Gasteiger partial charge is 0.227 e. The fourth-order valence-electron chi connectivity index (χ4n) is 7.35. The van der Waals surface area contributed by atoms with E-state index >= 15 is 0 Å². The Labute approximate surface area is 299 Å². The summed E-state index contributed by atoms with van der Waals surface area (Å²) in [7, 11) is 0. The third-order valence-electron chi connectivity index (χ3n) is 10.5. The van der Waals surface area contributed by atoms with Crippen molar-refractivity contribution in [3.05, 3.63) is 150 Å². The van der Waals surface area contributed by atoms with Crippen LogP contribution in [0, 0.1) is 27.7 Å². The molecule has 4 nitrogen and oxygen atoms in total. The summed E-state index contributed by atoms with van der Waals surface area (Å²) in [6.07, 6.45) is 0. The molecule has 10 aromatic rings. The topological polar surface area (TPSA) is 43.9 Å². The minimum Gasteiger partial charge on any atom is -0.436 e. The molecule has 0 fully saturated rings. The number of hydrogen-bond acceptors (Lipinski definition) is 4. The molecule has 0 N–H and O–H groups in total. The van der Waals surface area contributed by atoms with Crippen LogP contribution in [0.15, 0.2) is 132 Å². The van der Waals surface area contributed by atoms with Crippen molar-refractivity contribution >= 4 is 65.2 Å². The fourth-order valence-corrected chi connectivity index (χ4v) is 8.39. The van der Waals surface area contributed by atoms with Gasteiger partial charge in [0.15, 0.2) is 5.58 Å². The van der Waals surface area contributed by atoms with E-state index < -0.39 is 0 Å². The van der Waals surface area contributed by atoms with Gasteiger partial charge in [0.1, 0.15) is 10.5 Å². The standard InChI is InChI=1S/C46H33N3OS/c1-26-19-39-43(21-28(26)3)50-45(47-39)34-13-17-41-37(24-34)38-25-35(46-48-40-20-27(2)29(4)22-44(40)51-46)14-18-42(38)49(41)36-15-11-31(12-16-36)33-10-9-30-7-5-6-8-32(30)23-33/h5-25H,1-4H3. The molecular weight excluding hydrogens is 643 g/mol. The van der Waals surface area contributed by atoms with Crippen LogP contribution < -0.4 is 0 Å². The highest BCUT2D eigenvalue weighted by Crippen LogP contribution is 2.40. The molecule has 0 aliphatic heterocycles. The van der Waals surface area contributed by atoms with Crippen molar-refractivity contribution < 1.29 is 4.42 Å². The van der Waals surface area contributed by atoms with Crippen LogP contribution in [-0.2, 0) is 0 Å². The molecule has 0 bridgehead atoms. The lowest BCUT2D eigenvalue weighted by molar-refractivity contribution is 0.619. The van der Waals surface area contributed by atoms with Gasteiger partial charge in [0.05, 0.1) is 21.3 Å². The number of rotatable bonds is 4. The predicted molar refractivity (Wildman–Crippen MR) is 214 cm³/mol. The summed E-state index contributed by atoms with van der Waals surface area (Å²) < 4.78 is 9.93. The summed E-state index contributed by atoms with van der Waals surface area (Å²) in [5.74, 6) is 0.630. The van der Waals surface area contributed by atoms with Gasteiger partial charge in [0, 0.05) is 27.6 Å². The highest BCUT2D eigenvalue weighted by atomic mass is 32.1. The minimum absolute atomic E-state index is 0.630. The molecule has 3 aromatic heterocycles. The normalized spacial score (nSPS) is 11.9. The van der Waals surface area contributed by atoms with Crippen LogP contribution in [-0.4, -0.2) is 14.5 Å². The van der Waals surface area contributed by atoms with Crippen LogP contribution in [0.5, 0.6) is 0 Å². The molecule has 0 amide bonds. The predicted octanol–water partition coefficient (Wildman–Crippen LogP) is 12.9. The van der Waals surface area contributed by atoms with Gasteiger partial charge in [0.2, 0.25) is 5.89 Å². The number of aromatic nitrogens is 3. The Kier molecular flexibility index (Phi) is 6.58. The summed E-state index contributed by atoms with van der Waals surface area (Å²) in [4.78, 5) is 10.0. The number of nitrogens with zero attached hydrogens (tertiary/aromatic N) is 3. The number of thiazole rings is 1. The van der Waals surface area contributed by atoms with Gasteiger partial charge >= 0.3 is 0 Å². The summed E-state index contributed by atoms with van der Waals surface area (Å²) >= 11 is 1.75. The van der Waals surface area contributed by atoms with Crippen molar-refractivity contribution in [1.29, 1.82) is 0 Å². The Morgan fingerprint density at radius 3 is 1.92 bits per heavy atom. The Balaban J connectivity index is 1.14. The third kappa shape index (κ3) is 4.88. The second kappa shape index (κ2) is 11.2. The van der Waals surface area contributed by atoms with Gasteiger partial charge in [-0.1, -0.05) is 48.5 Å². The van der Waals surface area contributed by atoms with Crippen LogP contribution >= 0.6 is 11.3 Å². The van der Waals surface area contributed by atoms with Crippen molar-refractivity contribution in [2.24, 2.45) is 0 Å². The number of hydrogen-bond donors (Lipinski definition) is 0. The maximum atomic E-state index is 6.34. The van der Waals surface area contributed by atoms with E-state index in [-0.39, 0.29) is 0 Å². The molecule has 244 valence electrons. The van der Waals surface area contributed by atoms with Crippen LogP contribution in [0.1, 0.15) is 22.3 Å². The maximum absolute atomic E-state index is 6.34. The molecule has 0 aliphatic rings. The van der Waals surface area contributed by atoms with Crippen molar-refractivity contribution in [3.8, 4) is 38.8 Å². The molecule has 0 atom stereocenters. The van der Waals surface area contributed by atoms with E-state index in [0.29, 0.717) is 5.89 Å². The summed E-state index contributed by atoms with van der Waals surface area (Å²) in [5.41, 5.74) is 15.6. The number of benzene rings is 7. The largest absolute Gasteiger partial charge is 0.436 e. The Hall–Kier alpha value is -6.04. The molecule has 7 aromatic carbocycles. The van der Waals surface area contributed by atoms with Crippen molar-refractivity contribution in [3.63, 3.8) is 0 Å². The van der Waals surface area contributed by atoms with E-state index in [4.69, 9.17) is 14.4 Å². The van der Waals surface area contributed by atoms with Gasteiger partial charge in [0.25, 0.3) is 0 Å². The first-order chi connectivity index (χ1) is 24.9. The van der Waals surface area contributed by atoms with E-state index in [2.05, 4.69) is 160 Å². The molecule has 0 saturated heterocycles. The van der Waals surface area contributed by atoms with Gasteiger partial charge in [-0.15, -0.1) is 11.3 Å². The maximum Gasteiger partial charge on any atom is 0.227 e. The second-order valence-electron chi connectivity index (χ2n) is 13.8. The van der Waals surface area contributed by atoms with E-state index in [9.17, 15) is 0 Å². The monoisotopic (exact) mass is 675 g/mol. The van der Waals surface area contributed by atoms with E-state index in [1.807, 2.05) is 0 Å².